The first kappa shape index (κ1) is 13.2. The summed E-state index contributed by atoms with van der Waals surface area (Å²) in [5.41, 5.74) is 1.16. The zero-order chi connectivity index (χ0) is 13.1. The maximum atomic E-state index is 11.9. The summed E-state index contributed by atoms with van der Waals surface area (Å²) in [6.45, 7) is 3.68. The van der Waals surface area contributed by atoms with Gasteiger partial charge >= 0.3 is 0 Å². The Morgan fingerprint density at radius 1 is 1.33 bits per heavy atom. The minimum Gasteiger partial charge on any atom is -0.382 e. The number of hydrogen-bond donors (Lipinski definition) is 0. The van der Waals surface area contributed by atoms with Gasteiger partial charge in [-0.25, -0.2) is 0 Å². The number of fused-ring (bicyclic) bond motifs is 1. The molecule has 0 radical (unpaired) electrons. The number of para-hydroxylation sites is 1. The van der Waals surface area contributed by atoms with Crippen LogP contribution in [0, 0.1) is 0 Å². The molecule has 0 bridgehead atoms. The smallest absolute Gasteiger partial charge is 0.299 e. The molecular weight excluding hydrogens is 298 g/mol. The van der Waals surface area contributed by atoms with E-state index in [1.165, 1.54) is 4.90 Å². The Kier molecular flexibility index (Phi) is 4.14. The summed E-state index contributed by atoms with van der Waals surface area (Å²) < 4.78 is 6.01. The molecule has 1 aromatic carbocycles. The highest BCUT2D eigenvalue weighted by Gasteiger charge is 2.36. The van der Waals surface area contributed by atoms with Gasteiger partial charge in [-0.2, -0.15) is 0 Å². The normalized spacial score (nSPS) is 14.2. The van der Waals surface area contributed by atoms with Gasteiger partial charge in [0.25, 0.3) is 11.7 Å². The molecule has 0 unspecified atom stereocenters. The van der Waals surface area contributed by atoms with Crippen LogP contribution in [0.4, 0.5) is 5.69 Å². The predicted octanol–water partition coefficient (Wildman–Crippen LogP) is 2.41. The van der Waals surface area contributed by atoms with Gasteiger partial charge in [-0.05, 0) is 41.4 Å². The van der Waals surface area contributed by atoms with Crippen LogP contribution in [0.3, 0.4) is 0 Å². The van der Waals surface area contributed by atoms with E-state index in [0.717, 1.165) is 4.47 Å². The van der Waals surface area contributed by atoms with Crippen LogP contribution in [-0.4, -0.2) is 31.4 Å². The second kappa shape index (κ2) is 5.63. The molecule has 5 heteroatoms. The maximum absolute atomic E-state index is 11.9. The Morgan fingerprint density at radius 2 is 2.11 bits per heavy atom. The Labute approximate surface area is 114 Å². The first-order valence-electron chi connectivity index (χ1n) is 5.89. The van der Waals surface area contributed by atoms with Crippen molar-refractivity contribution in [1.82, 2.24) is 0 Å². The van der Waals surface area contributed by atoms with Gasteiger partial charge in [-0.3, -0.25) is 9.59 Å². The molecule has 1 amide bonds. The van der Waals surface area contributed by atoms with Crippen molar-refractivity contribution >= 4 is 33.3 Å². The van der Waals surface area contributed by atoms with Crippen molar-refractivity contribution < 1.29 is 14.3 Å². The Hall–Kier alpha value is -1.20. The van der Waals surface area contributed by atoms with Crippen LogP contribution < -0.4 is 4.90 Å². The largest absolute Gasteiger partial charge is 0.382 e. The lowest BCUT2D eigenvalue weighted by Gasteiger charge is -2.17. The molecule has 1 aliphatic rings. The lowest BCUT2D eigenvalue weighted by Crippen LogP contribution is -2.31. The summed E-state index contributed by atoms with van der Waals surface area (Å²) >= 11 is 3.39. The van der Waals surface area contributed by atoms with E-state index < -0.39 is 11.7 Å². The van der Waals surface area contributed by atoms with Crippen molar-refractivity contribution in [2.75, 3.05) is 24.7 Å². The van der Waals surface area contributed by atoms with Gasteiger partial charge in [0.05, 0.1) is 11.3 Å². The molecule has 18 heavy (non-hydrogen) atoms. The van der Waals surface area contributed by atoms with Gasteiger partial charge in [0.1, 0.15) is 0 Å². The van der Waals surface area contributed by atoms with Crippen LogP contribution in [-0.2, 0) is 9.53 Å². The van der Waals surface area contributed by atoms with E-state index in [0.29, 0.717) is 37.4 Å². The fraction of sp³-hybridized carbons (Fsp3) is 0.385. The second-order valence-corrected chi connectivity index (χ2v) is 4.83. The summed E-state index contributed by atoms with van der Waals surface area (Å²) in [5, 5.41) is 0. The average Bonchev–Trinajstić information content (AvgIpc) is 2.61. The molecule has 0 N–H and O–H groups in total. The zero-order valence-corrected chi connectivity index (χ0v) is 11.7. The van der Waals surface area contributed by atoms with Crippen LogP contribution in [0.25, 0.3) is 0 Å². The number of benzene rings is 1. The number of anilines is 1. The van der Waals surface area contributed by atoms with Crippen molar-refractivity contribution in [2.45, 2.75) is 13.3 Å². The highest BCUT2D eigenvalue weighted by atomic mass is 79.9. The van der Waals surface area contributed by atoms with E-state index in [1.54, 1.807) is 12.1 Å². The fourth-order valence-electron chi connectivity index (χ4n) is 1.99. The highest BCUT2D eigenvalue weighted by Crippen LogP contribution is 2.35. The van der Waals surface area contributed by atoms with E-state index in [9.17, 15) is 9.59 Å². The number of Topliss-reactive ketones (excluding diaryl/α,β-unsaturated/α-hetero) is 1. The van der Waals surface area contributed by atoms with Crippen LogP contribution >= 0.6 is 15.9 Å². The van der Waals surface area contributed by atoms with Gasteiger partial charge in [0.15, 0.2) is 0 Å². The van der Waals surface area contributed by atoms with Gasteiger partial charge in [0, 0.05) is 24.2 Å². The molecule has 96 valence electrons. The third-order valence-corrected chi connectivity index (χ3v) is 3.46. The molecule has 1 aliphatic heterocycles. The third kappa shape index (κ3) is 2.33. The summed E-state index contributed by atoms with van der Waals surface area (Å²) in [6.07, 6.45) is 0.716. The molecule has 0 aromatic heterocycles. The molecule has 4 nitrogen and oxygen atoms in total. The Balaban J connectivity index is 2.17. The summed E-state index contributed by atoms with van der Waals surface area (Å²) in [5.74, 6) is -0.879. The molecule has 0 saturated heterocycles. The number of ketones is 1. The van der Waals surface area contributed by atoms with Crippen LogP contribution in [0.5, 0.6) is 0 Å². The number of carbonyl (C=O) groups is 2. The fourth-order valence-corrected chi connectivity index (χ4v) is 2.57. The van der Waals surface area contributed by atoms with E-state index in [2.05, 4.69) is 15.9 Å². The summed E-state index contributed by atoms with van der Waals surface area (Å²) in [7, 11) is 0. The minimum atomic E-state index is -0.451. The number of hydrogen-bond acceptors (Lipinski definition) is 3. The van der Waals surface area contributed by atoms with E-state index >= 15 is 0 Å². The lowest BCUT2D eigenvalue weighted by atomic mass is 10.1. The molecule has 0 saturated carbocycles. The van der Waals surface area contributed by atoms with Crippen molar-refractivity contribution in [3.8, 4) is 0 Å². The molecule has 1 heterocycles. The Bertz CT molecular complexity index is 487. The van der Waals surface area contributed by atoms with E-state index in [-0.39, 0.29) is 0 Å². The topological polar surface area (TPSA) is 46.6 Å². The molecular formula is C13H14BrNO3. The number of halogens is 1. The molecule has 0 atom stereocenters. The number of amides is 1. The van der Waals surface area contributed by atoms with Crippen LogP contribution in [0.1, 0.15) is 23.7 Å². The van der Waals surface area contributed by atoms with E-state index in [4.69, 9.17) is 4.74 Å². The molecule has 0 fully saturated rings. The van der Waals surface area contributed by atoms with Gasteiger partial charge in [0.2, 0.25) is 0 Å². The molecule has 0 aliphatic carbocycles. The highest BCUT2D eigenvalue weighted by molar-refractivity contribution is 9.10. The lowest BCUT2D eigenvalue weighted by molar-refractivity contribution is -0.114. The molecule has 0 spiro atoms. The molecule has 2 rings (SSSR count). The van der Waals surface area contributed by atoms with Crippen molar-refractivity contribution in [3.63, 3.8) is 0 Å². The molecule has 1 aromatic rings. The maximum Gasteiger partial charge on any atom is 0.299 e. The number of carbonyl (C=O) groups excluding carboxylic acids is 2. The number of rotatable bonds is 5. The van der Waals surface area contributed by atoms with Crippen LogP contribution in [0.2, 0.25) is 0 Å². The van der Waals surface area contributed by atoms with Crippen LogP contribution in [0.15, 0.2) is 22.7 Å². The summed E-state index contributed by atoms with van der Waals surface area (Å²) in [4.78, 5) is 25.2. The Morgan fingerprint density at radius 3 is 2.83 bits per heavy atom. The number of nitrogens with zero attached hydrogens (tertiary/aromatic N) is 1. The predicted molar refractivity (Wildman–Crippen MR) is 71.9 cm³/mol. The monoisotopic (exact) mass is 311 g/mol. The van der Waals surface area contributed by atoms with Crippen molar-refractivity contribution in [2.24, 2.45) is 0 Å². The van der Waals surface area contributed by atoms with Gasteiger partial charge in [-0.15, -0.1) is 0 Å². The SMILES string of the molecule is CCOCCCN1C(=O)C(=O)c2cccc(Br)c21. The standard InChI is InChI=1S/C13H14BrNO3/c1-2-18-8-4-7-15-11-9(12(16)13(15)17)5-3-6-10(11)14/h3,5-6H,2,4,7-8H2,1H3. The van der Waals surface area contributed by atoms with Crippen molar-refractivity contribution in [1.29, 1.82) is 0 Å². The van der Waals surface area contributed by atoms with Gasteiger partial charge in [-0.1, -0.05) is 6.07 Å². The first-order chi connectivity index (χ1) is 8.66. The number of ether oxygens (including phenoxy) is 1. The van der Waals surface area contributed by atoms with E-state index in [1.807, 2.05) is 13.0 Å². The quantitative estimate of drug-likeness (QED) is 0.619. The third-order valence-electron chi connectivity index (χ3n) is 2.82. The summed E-state index contributed by atoms with van der Waals surface area (Å²) in [6, 6.07) is 5.28. The second-order valence-electron chi connectivity index (χ2n) is 3.97. The average molecular weight is 312 g/mol. The van der Waals surface area contributed by atoms with Crippen molar-refractivity contribution in [3.05, 3.63) is 28.2 Å². The minimum absolute atomic E-state index is 0.428. The zero-order valence-electron chi connectivity index (χ0n) is 10.1. The first-order valence-corrected chi connectivity index (χ1v) is 6.68. The van der Waals surface area contributed by atoms with Gasteiger partial charge < -0.3 is 9.64 Å².